The number of carbonyl (C=O) groups is 1. The molecule has 0 bridgehead atoms. The van der Waals surface area contributed by atoms with Gasteiger partial charge in [-0.1, -0.05) is 48.5 Å². The predicted octanol–water partition coefficient (Wildman–Crippen LogP) is 4.01. The van der Waals surface area contributed by atoms with Crippen LogP contribution in [0, 0.1) is 0 Å². The second kappa shape index (κ2) is 8.36. The average molecular weight is 410 g/mol. The molecule has 0 spiro atoms. The molecule has 0 atom stereocenters. The molecular weight excluding hydrogens is 388 g/mol. The fourth-order valence-electron chi connectivity index (χ4n) is 2.92. The highest BCUT2D eigenvalue weighted by Crippen LogP contribution is 2.33. The molecule has 0 heterocycles. The third-order valence-corrected chi connectivity index (χ3v) is 5.73. The van der Waals surface area contributed by atoms with Crippen LogP contribution < -0.4 is 14.4 Å². The van der Waals surface area contributed by atoms with E-state index in [4.69, 9.17) is 4.74 Å². The van der Waals surface area contributed by atoms with Gasteiger partial charge in [0.25, 0.3) is 5.91 Å². The van der Waals surface area contributed by atoms with Gasteiger partial charge in [-0.2, -0.15) is 0 Å². The van der Waals surface area contributed by atoms with Gasteiger partial charge in [-0.05, 0) is 35.4 Å². The minimum absolute atomic E-state index is 0.355. The van der Waals surface area contributed by atoms with Gasteiger partial charge in [0.05, 0.1) is 30.3 Å². The Hall–Kier alpha value is -3.32. The van der Waals surface area contributed by atoms with Crippen LogP contribution in [-0.2, 0) is 10.0 Å². The van der Waals surface area contributed by atoms with Crippen molar-refractivity contribution in [2.75, 3.05) is 30.0 Å². The number of para-hydroxylation sites is 1. The Morgan fingerprint density at radius 1 is 0.931 bits per heavy atom. The second-order valence-corrected chi connectivity index (χ2v) is 8.50. The van der Waals surface area contributed by atoms with E-state index in [-0.39, 0.29) is 0 Å². The van der Waals surface area contributed by atoms with Gasteiger partial charge in [0, 0.05) is 7.05 Å². The highest BCUT2D eigenvalue weighted by Gasteiger charge is 2.20. The largest absolute Gasteiger partial charge is 0.496 e. The summed E-state index contributed by atoms with van der Waals surface area (Å²) in [5.74, 6) is 0.0399. The molecule has 1 amide bonds. The number of nitrogens with zero attached hydrogens (tertiary/aromatic N) is 1. The number of nitrogens with one attached hydrogen (secondary N) is 1. The van der Waals surface area contributed by atoms with Crippen LogP contribution in [0.2, 0.25) is 0 Å². The lowest BCUT2D eigenvalue weighted by atomic mass is 10.0. The van der Waals surface area contributed by atoms with Crippen LogP contribution in [-0.4, -0.2) is 34.7 Å². The Labute approximate surface area is 170 Å². The molecule has 0 saturated heterocycles. The fourth-order valence-corrected chi connectivity index (χ4v) is 3.44. The Balaban J connectivity index is 2.07. The molecule has 1 N–H and O–H groups in total. The molecule has 0 aliphatic rings. The Morgan fingerprint density at radius 3 is 2.24 bits per heavy atom. The van der Waals surface area contributed by atoms with Crippen LogP contribution in [0.5, 0.6) is 5.75 Å². The zero-order chi connectivity index (χ0) is 21.0. The molecule has 0 aromatic heterocycles. The van der Waals surface area contributed by atoms with Crippen LogP contribution in [0.25, 0.3) is 11.1 Å². The van der Waals surface area contributed by atoms with Gasteiger partial charge in [-0.25, -0.2) is 8.42 Å². The summed E-state index contributed by atoms with van der Waals surface area (Å²) in [6.45, 7) is 0. The molecule has 29 heavy (non-hydrogen) atoms. The first kappa shape index (κ1) is 20.4. The summed E-state index contributed by atoms with van der Waals surface area (Å²) in [5.41, 5.74) is 2.92. The van der Waals surface area contributed by atoms with Crippen molar-refractivity contribution in [3.8, 4) is 16.9 Å². The van der Waals surface area contributed by atoms with Crippen molar-refractivity contribution in [1.29, 1.82) is 0 Å². The number of rotatable bonds is 6. The molecule has 3 aromatic rings. The summed E-state index contributed by atoms with van der Waals surface area (Å²) in [6, 6.07) is 21.8. The number of hydrogen-bond acceptors (Lipinski definition) is 4. The minimum atomic E-state index is -3.51. The SMILES string of the molecule is COc1ccccc1C(=O)Nc1cc(-c2ccccc2)ccc1N(C)S(C)(=O)=O. The third kappa shape index (κ3) is 4.57. The average Bonchev–Trinajstić information content (AvgIpc) is 2.73. The number of anilines is 2. The van der Waals surface area contributed by atoms with Crippen LogP contribution >= 0.6 is 0 Å². The monoisotopic (exact) mass is 410 g/mol. The lowest BCUT2D eigenvalue weighted by Crippen LogP contribution is -2.26. The van der Waals surface area contributed by atoms with Crippen molar-refractivity contribution in [2.24, 2.45) is 0 Å². The number of methoxy groups -OCH3 is 1. The van der Waals surface area contributed by atoms with Crippen LogP contribution in [0.1, 0.15) is 10.4 Å². The molecule has 7 heteroatoms. The molecule has 3 aromatic carbocycles. The van der Waals surface area contributed by atoms with Gasteiger partial charge < -0.3 is 10.1 Å². The van der Waals surface area contributed by atoms with E-state index in [1.807, 2.05) is 36.4 Å². The van der Waals surface area contributed by atoms with Gasteiger partial charge in [0.2, 0.25) is 10.0 Å². The van der Waals surface area contributed by atoms with Gasteiger partial charge >= 0.3 is 0 Å². The minimum Gasteiger partial charge on any atom is -0.496 e. The van der Waals surface area contributed by atoms with E-state index in [1.54, 1.807) is 36.4 Å². The van der Waals surface area contributed by atoms with Crippen molar-refractivity contribution in [3.63, 3.8) is 0 Å². The van der Waals surface area contributed by atoms with E-state index in [0.717, 1.165) is 21.7 Å². The number of carbonyl (C=O) groups excluding carboxylic acids is 1. The first-order valence-corrected chi connectivity index (χ1v) is 10.7. The standard InChI is InChI=1S/C22H22N2O4S/c1-24(29(3,26)27)20-14-13-17(16-9-5-4-6-10-16)15-19(20)23-22(25)18-11-7-8-12-21(18)28-2/h4-15H,1-3H3,(H,23,25). The van der Waals surface area contributed by atoms with E-state index in [0.29, 0.717) is 22.7 Å². The molecule has 6 nitrogen and oxygen atoms in total. The molecule has 0 fully saturated rings. The fraction of sp³-hybridized carbons (Fsp3) is 0.136. The van der Waals surface area contributed by atoms with E-state index >= 15 is 0 Å². The van der Waals surface area contributed by atoms with Crippen LogP contribution in [0.4, 0.5) is 11.4 Å². The van der Waals surface area contributed by atoms with Crippen molar-refractivity contribution in [3.05, 3.63) is 78.4 Å². The van der Waals surface area contributed by atoms with E-state index in [2.05, 4.69) is 5.32 Å². The summed E-state index contributed by atoms with van der Waals surface area (Å²) >= 11 is 0. The summed E-state index contributed by atoms with van der Waals surface area (Å²) < 4.78 is 30.6. The lowest BCUT2D eigenvalue weighted by Gasteiger charge is -2.21. The van der Waals surface area contributed by atoms with Gasteiger partial charge in [-0.3, -0.25) is 9.10 Å². The maximum atomic E-state index is 12.9. The maximum absolute atomic E-state index is 12.9. The highest BCUT2D eigenvalue weighted by molar-refractivity contribution is 7.92. The van der Waals surface area contributed by atoms with Crippen LogP contribution in [0.15, 0.2) is 72.8 Å². The van der Waals surface area contributed by atoms with Crippen molar-refractivity contribution in [2.45, 2.75) is 0 Å². The molecule has 0 unspecified atom stereocenters. The predicted molar refractivity (Wildman–Crippen MR) is 116 cm³/mol. The Morgan fingerprint density at radius 2 is 1.59 bits per heavy atom. The zero-order valence-electron chi connectivity index (χ0n) is 16.4. The molecule has 150 valence electrons. The first-order valence-electron chi connectivity index (χ1n) is 8.89. The van der Waals surface area contributed by atoms with Gasteiger partial charge in [0.15, 0.2) is 0 Å². The zero-order valence-corrected chi connectivity index (χ0v) is 17.2. The number of amides is 1. The van der Waals surface area contributed by atoms with Crippen molar-refractivity contribution in [1.82, 2.24) is 0 Å². The van der Waals surface area contributed by atoms with Crippen molar-refractivity contribution < 1.29 is 17.9 Å². The number of sulfonamides is 1. The molecular formula is C22H22N2O4S. The highest BCUT2D eigenvalue weighted by atomic mass is 32.2. The lowest BCUT2D eigenvalue weighted by molar-refractivity contribution is 0.102. The van der Waals surface area contributed by atoms with Gasteiger partial charge in [-0.15, -0.1) is 0 Å². The number of benzene rings is 3. The number of hydrogen-bond donors (Lipinski definition) is 1. The first-order chi connectivity index (χ1) is 13.8. The molecule has 3 rings (SSSR count). The number of ether oxygens (including phenoxy) is 1. The molecule has 0 aliphatic heterocycles. The van der Waals surface area contributed by atoms with E-state index in [9.17, 15) is 13.2 Å². The van der Waals surface area contributed by atoms with E-state index < -0.39 is 15.9 Å². The quantitative estimate of drug-likeness (QED) is 0.666. The Kier molecular flexibility index (Phi) is 5.89. The molecule has 0 radical (unpaired) electrons. The maximum Gasteiger partial charge on any atom is 0.259 e. The third-order valence-electron chi connectivity index (χ3n) is 4.54. The topological polar surface area (TPSA) is 75.7 Å². The molecule has 0 saturated carbocycles. The van der Waals surface area contributed by atoms with Gasteiger partial charge in [0.1, 0.15) is 5.75 Å². The Bertz CT molecular complexity index is 1130. The molecule has 0 aliphatic carbocycles. The smallest absolute Gasteiger partial charge is 0.259 e. The van der Waals surface area contributed by atoms with Crippen molar-refractivity contribution >= 4 is 27.3 Å². The van der Waals surface area contributed by atoms with Crippen LogP contribution in [0.3, 0.4) is 0 Å². The summed E-state index contributed by atoms with van der Waals surface area (Å²) in [6.07, 6.45) is 1.12. The summed E-state index contributed by atoms with van der Waals surface area (Å²) in [4.78, 5) is 12.9. The summed E-state index contributed by atoms with van der Waals surface area (Å²) in [7, 11) is -0.571. The summed E-state index contributed by atoms with van der Waals surface area (Å²) in [5, 5.41) is 2.84. The second-order valence-electron chi connectivity index (χ2n) is 6.48. The normalized spacial score (nSPS) is 11.0. The van der Waals surface area contributed by atoms with E-state index in [1.165, 1.54) is 14.2 Å².